The first-order chi connectivity index (χ1) is 12.4. The minimum atomic E-state index is -1.12. The Morgan fingerprint density at radius 1 is 1.15 bits per heavy atom. The van der Waals surface area contributed by atoms with E-state index < -0.39 is 12.0 Å². The summed E-state index contributed by atoms with van der Waals surface area (Å²) in [7, 11) is 1.49. The number of hydrogen-bond donors (Lipinski definition) is 1. The van der Waals surface area contributed by atoms with Gasteiger partial charge in [0.1, 0.15) is 0 Å². The second-order valence-corrected chi connectivity index (χ2v) is 6.27. The van der Waals surface area contributed by atoms with Crippen LogP contribution in [-0.4, -0.2) is 38.9 Å². The number of likely N-dealkylation sites (N-methyl/N-ethyl adjacent to an activating group) is 1. The summed E-state index contributed by atoms with van der Waals surface area (Å²) in [4.78, 5) is 34.6. The fourth-order valence-corrected chi connectivity index (χ4v) is 3.03. The van der Waals surface area contributed by atoms with Gasteiger partial charge in [0, 0.05) is 36.1 Å². The molecule has 0 aliphatic rings. The number of carbonyl (C=O) groups is 2. The fraction of sp³-hybridized carbons (Fsp3) is 0.200. The molecule has 0 saturated carbocycles. The molecule has 0 saturated heterocycles. The lowest BCUT2D eigenvalue weighted by Gasteiger charge is -2.25. The Bertz CT molecular complexity index is 986. The van der Waals surface area contributed by atoms with Gasteiger partial charge in [0.25, 0.3) is 5.91 Å². The number of fused-ring (bicyclic) bond motifs is 1. The van der Waals surface area contributed by atoms with Crippen LogP contribution in [0.2, 0.25) is 0 Å². The highest BCUT2D eigenvalue weighted by Crippen LogP contribution is 2.25. The molecule has 2 aromatic heterocycles. The van der Waals surface area contributed by atoms with Crippen LogP contribution in [0.3, 0.4) is 0 Å². The summed E-state index contributed by atoms with van der Waals surface area (Å²) in [5, 5.41) is 10.4. The molecule has 6 heteroatoms. The van der Waals surface area contributed by atoms with Crippen molar-refractivity contribution in [1.29, 1.82) is 0 Å². The third-order valence-electron chi connectivity index (χ3n) is 4.26. The molecule has 0 radical (unpaired) electrons. The van der Waals surface area contributed by atoms with E-state index in [1.165, 1.54) is 18.1 Å². The highest BCUT2D eigenvalue weighted by Gasteiger charge is 2.30. The first-order valence-corrected chi connectivity index (χ1v) is 8.16. The number of carboxylic acid groups (broad SMARTS) is 1. The van der Waals surface area contributed by atoms with Gasteiger partial charge in [0.2, 0.25) is 0 Å². The molecule has 3 rings (SSSR count). The number of amides is 1. The molecular weight excluding hydrogens is 330 g/mol. The lowest BCUT2D eigenvalue weighted by atomic mass is 10.0. The lowest BCUT2D eigenvalue weighted by molar-refractivity contribution is -0.142. The van der Waals surface area contributed by atoms with Crippen molar-refractivity contribution in [2.24, 2.45) is 0 Å². The summed E-state index contributed by atoms with van der Waals surface area (Å²) >= 11 is 0. The normalized spacial score (nSPS) is 12.0. The molecule has 0 aliphatic carbocycles. The van der Waals surface area contributed by atoms with E-state index in [0.29, 0.717) is 27.7 Å². The number of carbonyl (C=O) groups excluding carboxylic acids is 1. The average Bonchev–Trinajstić information content (AvgIpc) is 2.61. The minimum Gasteiger partial charge on any atom is -0.479 e. The van der Waals surface area contributed by atoms with Crippen molar-refractivity contribution in [3.05, 3.63) is 71.2 Å². The number of rotatable bonds is 4. The second kappa shape index (κ2) is 6.92. The maximum Gasteiger partial charge on any atom is 0.331 e. The van der Waals surface area contributed by atoms with Crippen molar-refractivity contribution in [3.8, 4) is 0 Å². The zero-order chi connectivity index (χ0) is 18.8. The topological polar surface area (TPSA) is 83.4 Å². The van der Waals surface area contributed by atoms with Crippen LogP contribution in [0.15, 0.2) is 48.8 Å². The van der Waals surface area contributed by atoms with Gasteiger partial charge in [-0.05, 0) is 38.1 Å². The van der Waals surface area contributed by atoms with Crippen LogP contribution in [0.1, 0.15) is 33.2 Å². The van der Waals surface area contributed by atoms with Crippen LogP contribution in [0.25, 0.3) is 10.9 Å². The third kappa shape index (κ3) is 3.26. The van der Waals surface area contributed by atoms with Crippen molar-refractivity contribution >= 4 is 22.8 Å². The Kier molecular flexibility index (Phi) is 4.67. The number of aliphatic carboxylic acids is 1. The van der Waals surface area contributed by atoms with Gasteiger partial charge in [-0.2, -0.15) is 0 Å². The number of nitrogens with zero attached hydrogens (tertiary/aromatic N) is 3. The molecule has 0 aliphatic heterocycles. The molecule has 0 bridgehead atoms. The molecule has 1 aromatic carbocycles. The van der Waals surface area contributed by atoms with Crippen LogP contribution in [-0.2, 0) is 4.79 Å². The fourth-order valence-electron chi connectivity index (χ4n) is 3.03. The number of aryl methyl sites for hydroxylation is 2. The second-order valence-electron chi connectivity index (χ2n) is 6.27. The molecule has 1 atom stereocenters. The van der Waals surface area contributed by atoms with E-state index in [9.17, 15) is 14.7 Å². The summed E-state index contributed by atoms with van der Waals surface area (Å²) in [6, 6.07) is 9.57. The van der Waals surface area contributed by atoms with Crippen LogP contribution >= 0.6 is 0 Å². The highest BCUT2D eigenvalue weighted by atomic mass is 16.4. The van der Waals surface area contributed by atoms with Crippen molar-refractivity contribution in [2.45, 2.75) is 19.9 Å². The van der Waals surface area contributed by atoms with Crippen LogP contribution in [0.4, 0.5) is 0 Å². The van der Waals surface area contributed by atoms with E-state index in [0.717, 1.165) is 5.56 Å². The molecule has 0 spiro atoms. The number of aromatic nitrogens is 2. The number of hydrogen-bond acceptors (Lipinski definition) is 4. The van der Waals surface area contributed by atoms with Gasteiger partial charge in [-0.15, -0.1) is 0 Å². The van der Waals surface area contributed by atoms with E-state index in [4.69, 9.17) is 0 Å². The molecule has 132 valence electrons. The van der Waals surface area contributed by atoms with E-state index in [1.54, 1.807) is 24.4 Å². The SMILES string of the molecule is Cc1ccc2nc(C)cc(C(=O)N(C)C(C(=O)O)c3cccnc3)c2c1. The Hall–Kier alpha value is -3.28. The lowest BCUT2D eigenvalue weighted by Crippen LogP contribution is -2.36. The predicted molar refractivity (Wildman–Crippen MR) is 97.9 cm³/mol. The van der Waals surface area contributed by atoms with E-state index in [-0.39, 0.29) is 5.91 Å². The maximum atomic E-state index is 13.2. The highest BCUT2D eigenvalue weighted by molar-refractivity contribution is 6.07. The zero-order valence-corrected chi connectivity index (χ0v) is 14.8. The summed E-state index contributed by atoms with van der Waals surface area (Å²) in [6.45, 7) is 3.75. The van der Waals surface area contributed by atoms with Gasteiger partial charge in [-0.25, -0.2) is 4.79 Å². The van der Waals surface area contributed by atoms with Gasteiger partial charge in [0.15, 0.2) is 6.04 Å². The van der Waals surface area contributed by atoms with Gasteiger partial charge >= 0.3 is 5.97 Å². The number of carboxylic acids is 1. The average molecular weight is 349 g/mol. The molecule has 26 heavy (non-hydrogen) atoms. The van der Waals surface area contributed by atoms with Crippen molar-refractivity contribution < 1.29 is 14.7 Å². The van der Waals surface area contributed by atoms with Gasteiger partial charge < -0.3 is 10.0 Å². The van der Waals surface area contributed by atoms with Crippen LogP contribution < -0.4 is 0 Å². The van der Waals surface area contributed by atoms with Crippen LogP contribution in [0, 0.1) is 13.8 Å². The molecule has 1 N–H and O–H groups in total. The van der Waals surface area contributed by atoms with E-state index in [2.05, 4.69) is 9.97 Å². The zero-order valence-electron chi connectivity index (χ0n) is 14.8. The Labute approximate surface area is 151 Å². The standard InChI is InChI=1S/C20H19N3O3/c1-12-6-7-17-15(9-12)16(10-13(2)22-17)19(24)23(3)18(20(25)26)14-5-4-8-21-11-14/h4-11,18H,1-3H3,(H,25,26). The summed E-state index contributed by atoms with van der Waals surface area (Å²) in [5.41, 5.74) is 3.30. The summed E-state index contributed by atoms with van der Waals surface area (Å²) in [5.74, 6) is -1.48. The maximum absolute atomic E-state index is 13.2. The summed E-state index contributed by atoms with van der Waals surface area (Å²) < 4.78 is 0. The minimum absolute atomic E-state index is 0.373. The molecule has 2 heterocycles. The quantitative estimate of drug-likeness (QED) is 0.782. The Morgan fingerprint density at radius 2 is 1.92 bits per heavy atom. The van der Waals surface area contributed by atoms with Gasteiger partial charge in [-0.1, -0.05) is 17.7 Å². The Morgan fingerprint density at radius 3 is 2.58 bits per heavy atom. The Balaban J connectivity index is 2.09. The smallest absolute Gasteiger partial charge is 0.331 e. The number of benzene rings is 1. The molecule has 1 amide bonds. The first kappa shape index (κ1) is 17.5. The molecule has 3 aromatic rings. The van der Waals surface area contributed by atoms with Crippen LogP contribution in [0.5, 0.6) is 0 Å². The molecule has 0 fully saturated rings. The van der Waals surface area contributed by atoms with Gasteiger partial charge in [-0.3, -0.25) is 14.8 Å². The molecule has 6 nitrogen and oxygen atoms in total. The molecule has 1 unspecified atom stereocenters. The van der Waals surface area contributed by atoms with E-state index in [1.807, 2.05) is 32.0 Å². The first-order valence-electron chi connectivity index (χ1n) is 8.16. The van der Waals surface area contributed by atoms with Crippen molar-refractivity contribution in [2.75, 3.05) is 7.05 Å². The van der Waals surface area contributed by atoms with Crippen molar-refractivity contribution in [3.63, 3.8) is 0 Å². The summed E-state index contributed by atoms with van der Waals surface area (Å²) in [6.07, 6.45) is 3.02. The van der Waals surface area contributed by atoms with Crippen molar-refractivity contribution in [1.82, 2.24) is 14.9 Å². The predicted octanol–water partition coefficient (Wildman–Crippen LogP) is 3.14. The monoisotopic (exact) mass is 349 g/mol. The van der Waals surface area contributed by atoms with Gasteiger partial charge in [0.05, 0.1) is 11.1 Å². The largest absolute Gasteiger partial charge is 0.479 e. The third-order valence-corrected chi connectivity index (χ3v) is 4.26. The van der Waals surface area contributed by atoms with E-state index >= 15 is 0 Å². The number of pyridine rings is 2. The molecular formula is C20H19N3O3.